The predicted molar refractivity (Wildman–Crippen MR) is 70.3 cm³/mol. The van der Waals surface area contributed by atoms with Gasteiger partial charge in [-0.05, 0) is 31.6 Å². The van der Waals surface area contributed by atoms with Crippen molar-refractivity contribution in [3.8, 4) is 0 Å². The van der Waals surface area contributed by atoms with E-state index >= 15 is 0 Å². The molecule has 1 aliphatic heterocycles. The predicted octanol–water partition coefficient (Wildman–Crippen LogP) is 1.46. The van der Waals surface area contributed by atoms with Crippen LogP contribution in [0, 0.1) is 11.3 Å². The van der Waals surface area contributed by atoms with E-state index in [1.165, 1.54) is 19.3 Å². The van der Waals surface area contributed by atoms with Gasteiger partial charge in [-0.25, -0.2) is 0 Å². The largest absolute Gasteiger partial charge is 0.381 e. The Morgan fingerprint density at radius 1 is 1.39 bits per heavy atom. The Kier molecular flexibility index (Phi) is 4.80. The van der Waals surface area contributed by atoms with Crippen LogP contribution in [0.15, 0.2) is 4.99 Å². The molecule has 1 aliphatic carbocycles. The van der Waals surface area contributed by atoms with Crippen molar-refractivity contribution in [2.24, 2.45) is 22.1 Å². The third-order valence-corrected chi connectivity index (χ3v) is 4.22. The number of hydrogen-bond acceptors (Lipinski definition) is 2. The molecule has 0 unspecified atom stereocenters. The number of nitrogens with zero attached hydrogens (tertiary/aromatic N) is 1. The Bertz CT molecular complexity index is 286. The summed E-state index contributed by atoms with van der Waals surface area (Å²) in [4.78, 5) is 4.31. The van der Waals surface area contributed by atoms with E-state index < -0.39 is 0 Å². The number of aliphatic imine (C=N–C) groups is 1. The van der Waals surface area contributed by atoms with Gasteiger partial charge >= 0.3 is 0 Å². The van der Waals surface area contributed by atoms with Crippen LogP contribution < -0.4 is 11.1 Å². The van der Waals surface area contributed by atoms with E-state index in [2.05, 4.69) is 10.3 Å². The van der Waals surface area contributed by atoms with E-state index in [1.54, 1.807) is 0 Å². The second kappa shape index (κ2) is 6.36. The summed E-state index contributed by atoms with van der Waals surface area (Å²) >= 11 is 0. The quantitative estimate of drug-likeness (QED) is 0.579. The zero-order valence-electron chi connectivity index (χ0n) is 11.0. The summed E-state index contributed by atoms with van der Waals surface area (Å²) in [7, 11) is 0. The third kappa shape index (κ3) is 3.57. The summed E-state index contributed by atoms with van der Waals surface area (Å²) in [6.45, 7) is 2.30. The molecule has 0 radical (unpaired) electrons. The van der Waals surface area contributed by atoms with Gasteiger partial charge in [0.2, 0.25) is 0 Å². The Morgan fingerprint density at radius 2 is 2.11 bits per heavy atom. The molecule has 4 nitrogen and oxygen atoms in total. The molecule has 3 N–H and O–H groups in total. The number of rotatable bonds is 5. The van der Waals surface area contributed by atoms with Crippen LogP contribution in [0.2, 0.25) is 0 Å². The van der Waals surface area contributed by atoms with Crippen molar-refractivity contribution in [3.05, 3.63) is 0 Å². The lowest BCUT2D eigenvalue weighted by atomic mass is 9.82. The highest BCUT2D eigenvalue weighted by atomic mass is 19.1. The first kappa shape index (κ1) is 13.6. The first-order chi connectivity index (χ1) is 8.74. The SMILES string of the molecule is NC(=NCC1(CF)CCOCC1)NCC1CCC1. The summed E-state index contributed by atoms with van der Waals surface area (Å²) in [5.41, 5.74) is 5.47. The fourth-order valence-corrected chi connectivity index (χ4v) is 2.39. The summed E-state index contributed by atoms with van der Waals surface area (Å²) in [5.74, 6) is 1.21. The first-order valence-corrected chi connectivity index (χ1v) is 6.92. The molecular formula is C13H24FN3O. The van der Waals surface area contributed by atoms with Gasteiger partial charge in [0.05, 0.1) is 13.2 Å². The Hall–Kier alpha value is -0.840. The average molecular weight is 257 g/mol. The summed E-state index contributed by atoms with van der Waals surface area (Å²) in [5, 5.41) is 3.14. The Morgan fingerprint density at radius 3 is 2.67 bits per heavy atom. The van der Waals surface area contributed by atoms with Gasteiger partial charge in [0.25, 0.3) is 0 Å². The minimum absolute atomic E-state index is 0.338. The van der Waals surface area contributed by atoms with Crippen molar-refractivity contribution in [1.82, 2.24) is 5.32 Å². The molecule has 1 heterocycles. The standard InChI is InChI=1S/C13H24FN3O/c14-9-13(4-6-18-7-5-13)10-17-12(15)16-8-11-2-1-3-11/h11H,1-10H2,(H3,15,16,17). The van der Waals surface area contributed by atoms with Gasteiger partial charge in [-0.1, -0.05) is 6.42 Å². The summed E-state index contributed by atoms with van der Waals surface area (Å²) in [6, 6.07) is 0. The van der Waals surface area contributed by atoms with Gasteiger partial charge < -0.3 is 15.8 Å². The van der Waals surface area contributed by atoms with E-state index in [0.717, 1.165) is 25.3 Å². The molecule has 2 rings (SSSR count). The van der Waals surface area contributed by atoms with E-state index in [1.807, 2.05) is 0 Å². The van der Waals surface area contributed by atoms with Gasteiger partial charge in [-0.2, -0.15) is 0 Å². The zero-order chi connectivity index (χ0) is 12.8. The number of nitrogens with two attached hydrogens (primary N) is 1. The van der Waals surface area contributed by atoms with E-state index in [0.29, 0.717) is 25.7 Å². The fourth-order valence-electron chi connectivity index (χ4n) is 2.39. The van der Waals surface area contributed by atoms with Gasteiger partial charge in [0.15, 0.2) is 5.96 Å². The molecule has 0 atom stereocenters. The lowest BCUT2D eigenvalue weighted by Gasteiger charge is -2.33. The first-order valence-electron chi connectivity index (χ1n) is 6.92. The molecule has 2 aliphatic rings. The normalized spacial score (nSPS) is 24.6. The molecular weight excluding hydrogens is 233 g/mol. The number of ether oxygens (including phenoxy) is 1. The minimum Gasteiger partial charge on any atom is -0.381 e. The number of guanidine groups is 1. The van der Waals surface area contributed by atoms with Crippen LogP contribution in [-0.4, -0.2) is 38.9 Å². The maximum Gasteiger partial charge on any atom is 0.188 e. The second-order valence-corrected chi connectivity index (χ2v) is 5.63. The highest BCUT2D eigenvalue weighted by molar-refractivity contribution is 5.77. The summed E-state index contributed by atoms with van der Waals surface area (Å²) < 4.78 is 18.4. The smallest absolute Gasteiger partial charge is 0.188 e. The van der Waals surface area contributed by atoms with Crippen LogP contribution in [0.5, 0.6) is 0 Å². The molecule has 0 aromatic rings. The molecule has 104 valence electrons. The molecule has 0 aromatic carbocycles. The highest BCUT2D eigenvalue weighted by Gasteiger charge is 2.32. The number of hydrogen-bond donors (Lipinski definition) is 2. The van der Waals surface area contributed by atoms with E-state index in [4.69, 9.17) is 10.5 Å². The van der Waals surface area contributed by atoms with Crippen LogP contribution >= 0.6 is 0 Å². The van der Waals surface area contributed by atoms with Crippen molar-refractivity contribution in [1.29, 1.82) is 0 Å². The Balaban J connectivity index is 1.75. The van der Waals surface area contributed by atoms with Crippen molar-refractivity contribution >= 4 is 5.96 Å². The second-order valence-electron chi connectivity index (χ2n) is 5.63. The Labute approximate surface area is 108 Å². The molecule has 1 saturated heterocycles. The zero-order valence-corrected chi connectivity index (χ0v) is 11.0. The average Bonchev–Trinajstić information content (AvgIpc) is 2.36. The molecule has 0 spiro atoms. The molecule has 0 bridgehead atoms. The highest BCUT2D eigenvalue weighted by Crippen LogP contribution is 2.31. The number of halogens is 1. The molecule has 1 saturated carbocycles. The van der Waals surface area contributed by atoms with E-state index in [9.17, 15) is 4.39 Å². The van der Waals surface area contributed by atoms with Crippen LogP contribution in [0.25, 0.3) is 0 Å². The maximum absolute atomic E-state index is 13.2. The van der Waals surface area contributed by atoms with E-state index in [-0.39, 0.29) is 12.1 Å². The fraction of sp³-hybridized carbons (Fsp3) is 0.923. The van der Waals surface area contributed by atoms with Crippen LogP contribution in [-0.2, 0) is 4.74 Å². The number of nitrogens with one attached hydrogen (secondary N) is 1. The van der Waals surface area contributed by atoms with Gasteiger partial charge in [-0.3, -0.25) is 9.38 Å². The third-order valence-electron chi connectivity index (χ3n) is 4.22. The van der Waals surface area contributed by atoms with Gasteiger partial charge in [0, 0.05) is 25.2 Å². The van der Waals surface area contributed by atoms with Crippen molar-refractivity contribution in [2.45, 2.75) is 32.1 Å². The van der Waals surface area contributed by atoms with Gasteiger partial charge in [-0.15, -0.1) is 0 Å². The van der Waals surface area contributed by atoms with Crippen molar-refractivity contribution in [2.75, 3.05) is 33.0 Å². The maximum atomic E-state index is 13.2. The topological polar surface area (TPSA) is 59.6 Å². The molecule has 18 heavy (non-hydrogen) atoms. The van der Waals surface area contributed by atoms with Crippen molar-refractivity contribution in [3.63, 3.8) is 0 Å². The minimum atomic E-state index is -0.346. The van der Waals surface area contributed by atoms with Crippen LogP contribution in [0.1, 0.15) is 32.1 Å². The van der Waals surface area contributed by atoms with Crippen LogP contribution in [0.4, 0.5) is 4.39 Å². The van der Waals surface area contributed by atoms with Gasteiger partial charge in [0.1, 0.15) is 0 Å². The monoisotopic (exact) mass is 257 g/mol. The lowest BCUT2D eigenvalue weighted by molar-refractivity contribution is 0.00692. The molecule has 0 amide bonds. The van der Waals surface area contributed by atoms with Crippen molar-refractivity contribution < 1.29 is 9.13 Å². The number of alkyl halides is 1. The molecule has 5 heteroatoms. The lowest BCUT2D eigenvalue weighted by Crippen LogP contribution is -2.40. The van der Waals surface area contributed by atoms with Crippen LogP contribution in [0.3, 0.4) is 0 Å². The molecule has 0 aromatic heterocycles. The molecule has 2 fully saturated rings. The summed E-state index contributed by atoms with van der Waals surface area (Å²) in [6.07, 6.45) is 5.37.